The maximum Gasteiger partial charge on any atom is 0.176 e. The highest BCUT2D eigenvalue weighted by Crippen LogP contribution is 2.13. The number of nitrogens with zero attached hydrogens (tertiary/aromatic N) is 1. The molecule has 1 fully saturated rings. The molecule has 1 unspecified atom stereocenters. The van der Waals surface area contributed by atoms with Crippen LogP contribution in [0.25, 0.3) is 0 Å². The Morgan fingerprint density at radius 1 is 1.59 bits per heavy atom. The van der Waals surface area contributed by atoms with Gasteiger partial charge in [0.2, 0.25) is 0 Å². The summed E-state index contributed by atoms with van der Waals surface area (Å²) in [4.78, 5) is 14.2. The van der Waals surface area contributed by atoms with Crippen molar-refractivity contribution in [1.29, 1.82) is 0 Å². The normalized spacial score (nSPS) is 21.4. The molecule has 1 aliphatic heterocycles. The summed E-state index contributed by atoms with van der Waals surface area (Å²) in [5, 5.41) is 0.603. The van der Waals surface area contributed by atoms with Gasteiger partial charge in [0.25, 0.3) is 0 Å². The third-order valence-corrected chi connectivity index (χ3v) is 3.23. The highest BCUT2D eigenvalue weighted by atomic mass is 35.5. The number of Topliss-reactive ketones (excluding diaryl/α,β-unsaturated/α-hetero) is 1. The van der Waals surface area contributed by atoms with Crippen molar-refractivity contribution in [1.82, 2.24) is 4.90 Å². The Balaban J connectivity index is 2.01. The number of ketones is 1. The molecule has 0 bridgehead atoms. The van der Waals surface area contributed by atoms with Gasteiger partial charge in [-0.3, -0.25) is 9.69 Å². The summed E-state index contributed by atoms with van der Waals surface area (Å²) < 4.78 is 5.34. The quantitative estimate of drug-likeness (QED) is 0.774. The van der Waals surface area contributed by atoms with E-state index in [1.807, 2.05) is 0 Å². The molecule has 1 aromatic carbocycles. The molecule has 17 heavy (non-hydrogen) atoms. The molecule has 0 N–H and O–H groups in total. The predicted octanol–water partition coefficient (Wildman–Crippen LogP) is 2.24. The van der Waals surface area contributed by atoms with Crippen LogP contribution < -0.4 is 0 Å². The molecular weight excluding hydrogens is 238 g/mol. The average molecular weight is 254 g/mol. The molecule has 3 nitrogen and oxygen atoms in total. The molecule has 0 spiro atoms. The lowest BCUT2D eigenvalue weighted by atomic mass is 10.1. The minimum absolute atomic E-state index is 0.112. The van der Waals surface area contributed by atoms with E-state index in [0.717, 1.165) is 6.54 Å². The zero-order chi connectivity index (χ0) is 12.3. The van der Waals surface area contributed by atoms with Crippen molar-refractivity contribution in [2.75, 3.05) is 26.3 Å². The second kappa shape index (κ2) is 5.63. The van der Waals surface area contributed by atoms with Gasteiger partial charge in [-0.25, -0.2) is 0 Å². The Labute approximate surface area is 106 Å². The number of halogens is 1. The lowest BCUT2D eigenvalue weighted by Gasteiger charge is -2.32. The number of hydrogen-bond donors (Lipinski definition) is 0. The van der Waals surface area contributed by atoms with E-state index in [9.17, 15) is 4.79 Å². The molecule has 0 aliphatic carbocycles. The number of rotatable bonds is 3. The maximum atomic E-state index is 12.1. The topological polar surface area (TPSA) is 29.5 Å². The monoisotopic (exact) mass is 253 g/mol. The van der Waals surface area contributed by atoms with E-state index in [4.69, 9.17) is 16.3 Å². The molecule has 0 radical (unpaired) electrons. The Morgan fingerprint density at radius 3 is 3.12 bits per heavy atom. The molecule has 4 heteroatoms. The van der Waals surface area contributed by atoms with Crippen LogP contribution in [0.2, 0.25) is 5.02 Å². The molecule has 92 valence electrons. The minimum Gasteiger partial charge on any atom is -0.379 e. The first-order chi connectivity index (χ1) is 8.16. The van der Waals surface area contributed by atoms with Gasteiger partial charge >= 0.3 is 0 Å². The van der Waals surface area contributed by atoms with Crippen LogP contribution in [0.5, 0.6) is 0 Å². The minimum atomic E-state index is 0.112. The van der Waals surface area contributed by atoms with Crippen molar-refractivity contribution in [2.24, 2.45) is 0 Å². The Hall–Kier alpha value is -0.900. The number of benzene rings is 1. The summed E-state index contributed by atoms with van der Waals surface area (Å²) >= 11 is 5.87. The standard InChI is InChI=1S/C13H16ClNO2/c1-10-9-17-6-5-15(10)8-13(16)11-3-2-4-12(14)7-11/h2-4,7,10H,5-6,8-9H2,1H3. The van der Waals surface area contributed by atoms with E-state index in [0.29, 0.717) is 36.4 Å². The summed E-state index contributed by atoms with van der Waals surface area (Å²) in [5.41, 5.74) is 0.677. The first-order valence-corrected chi connectivity index (χ1v) is 6.15. The summed E-state index contributed by atoms with van der Waals surface area (Å²) in [6.07, 6.45) is 0. The van der Waals surface area contributed by atoms with Crippen molar-refractivity contribution < 1.29 is 9.53 Å². The molecule has 1 aliphatic rings. The second-order valence-corrected chi connectivity index (χ2v) is 4.76. The first kappa shape index (κ1) is 12.6. The fourth-order valence-corrected chi connectivity index (χ4v) is 2.12. The Morgan fingerprint density at radius 2 is 2.41 bits per heavy atom. The van der Waals surface area contributed by atoms with Gasteiger partial charge in [0.1, 0.15) is 0 Å². The van der Waals surface area contributed by atoms with E-state index >= 15 is 0 Å². The number of morpholine rings is 1. The van der Waals surface area contributed by atoms with Crippen LogP contribution in [0.4, 0.5) is 0 Å². The lowest BCUT2D eigenvalue weighted by molar-refractivity contribution is 0.00201. The van der Waals surface area contributed by atoms with Gasteiger partial charge in [-0.15, -0.1) is 0 Å². The first-order valence-electron chi connectivity index (χ1n) is 5.77. The lowest BCUT2D eigenvalue weighted by Crippen LogP contribution is -2.45. The summed E-state index contributed by atoms with van der Waals surface area (Å²) in [7, 11) is 0. The second-order valence-electron chi connectivity index (χ2n) is 4.33. The van der Waals surface area contributed by atoms with Gasteiger partial charge in [0.15, 0.2) is 5.78 Å². The maximum absolute atomic E-state index is 12.1. The Kier molecular flexibility index (Phi) is 4.15. The van der Waals surface area contributed by atoms with E-state index in [1.54, 1.807) is 24.3 Å². The van der Waals surface area contributed by atoms with Crippen molar-refractivity contribution in [3.8, 4) is 0 Å². The summed E-state index contributed by atoms with van der Waals surface area (Å²) in [6.45, 7) is 4.72. The SMILES string of the molecule is CC1COCCN1CC(=O)c1cccc(Cl)c1. The molecule has 0 saturated carbocycles. The highest BCUT2D eigenvalue weighted by Gasteiger charge is 2.21. The molecule has 2 rings (SSSR count). The van der Waals surface area contributed by atoms with E-state index < -0.39 is 0 Å². The molecule has 0 aromatic heterocycles. The van der Waals surface area contributed by atoms with Crippen LogP contribution in [0.15, 0.2) is 24.3 Å². The van der Waals surface area contributed by atoms with Crippen LogP contribution in [0, 0.1) is 0 Å². The Bertz CT molecular complexity index is 408. The largest absolute Gasteiger partial charge is 0.379 e. The van der Waals surface area contributed by atoms with Crippen molar-refractivity contribution in [2.45, 2.75) is 13.0 Å². The van der Waals surface area contributed by atoms with Crippen LogP contribution in [-0.4, -0.2) is 43.0 Å². The summed E-state index contributed by atoms with van der Waals surface area (Å²) in [6, 6.07) is 7.40. The van der Waals surface area contributed by atoms with Gasteiger partial charge in [0, 0.05) is 23.2 Å². The number of ether oxygens (including phenoxy) is 1. The van der Waals surface area contributed by atoms with Gasteiger partial charge < -0.3 is 4.74 Å². The molecule has 1 heterocycles. The number of carbonyl (C=O) groups is 1. The van der Waals surface area contributed by atoms with Gasteiger partial charge in [-0.2, -0.15) is 0 Å². The molecular formula is C13H16ClNO2. The predicted molar refractivity (Wildman–Crippen MR) is 67.6 cm³/mol. The van der Waals surface area contributed by atoms with Crippen LogP contribution >= 0.6 is 11.6 Å². The van der Waals surface area contributed by atoms with Crippen molar-refractivity contribution >= 4 is 17.4 Å². The van der Waals surface area contributed by atoms with Crippen molar-refractivity contribution in [3.63, 3.8) is 0 Å². The third-order valence-electron chi connectivity index (χ3n) is 3.00. The summed E-state index contributed by atoms with van der Waals surface area (Å²) in [5.74, 6) is 0.112. The molecule has 1 saturated heterocycles. The average Bonchev–Trinajstić information content (AvgIpc) is 2.32. The fourth-order valence-electron chi connectivity index (χ4n) is 1.93. The van der Waals surface area contributed by atoms with E-state index in [-0.39, 0.29) is 5.78 Å². The third kappa shape index (κ3) is 3.28. The van der Waals surface area contributed by atoms with Gasteiger partial charge in [-0.05, 0) is 19.1 Å². The smallest absolute Gasteiger partial charge is 0.176 e. The van der Waals surface area contributed by atoms with Gasteiger partial charge in [0.05, 0.1) is 19.8 Å². The van der Waals surface area contributed by atoms with Crippen LogP contribution in [-0.2, 0) is 4.74 Å². The molecule has 0 amide bonds. The number of carbonyl (C=O) groups excluding carboxylic acids is 1. The van der Waals surface area contributed by atoms with Crippen molar-refractivity contribution in [3.05, 3.63) is 34.9 Å². The van der Waals surface area contributed by atoms with E-state index in [2.05, 4.69) is 11.8 Å². The highest BCUT2D eigenvalue weighted by molar-refractivity contribution is 6.31. The van der Waals surface area contributed by atoms with Crippen LogP contribution in [0.3, 0.4) is 0 Å². The fraction of sp³-hybridized carbons (Fsp3) is 0.462. The molecule has 1 aromatic rings. The van der Waals surface area contributed by atoms with E-state index in [1.165, 1.54) is 0 Å². The van der Waals surface area contributed by atoms with Gasteiger partial charge in [-0.1, -0.05) is 23.7 Å². The van der Waals surface area contributed by atoms with Crippen LogP contribution in [0.1, 0.15) is 17.3 Å². The molecule has 1 atom stereocenters. The number of hydrogen-bond acceptors (Lipinski definition) is 3. The zero-order valence-electron chi connectivity index (χ0n) is 9.86. The zero-order valence-corrected chi connectivity index (χ0v) is 10.6.